The first-order valence-corrected chi connectivity index (χ1v) is 7.46. The first kappa shape index (κ1) is 13.6. The second-order valence-corrected chi connectivity index (χ2v) is 6.21. The number of hydrogen-bond acceptors (Lipinski definition) is 3. The van der Waals surface area contributed by atoms with Crippen LogP contribution in [0.15, 0.2) is 6.07 Å². The Kier molecular flexibility index (Phi) is 3.52. The van der Waals surface area contributed by atoms with E-state index in [1.54, 1.807) is 0 Å². The Hall–Kier alpha value is -1.39. The number of piperidine rings is 1. The fourth-order valence-electron chi connectivity index (χ4n) is 3.69. The Bertz CT molecular complexity index is 488. The van der Waals surface area contributed by atoms with Crippen LogP contribution >= 0.6 is 0 Å². The molecule has 1 aromatic rings. The zero-order chi connectivity index (χ0) is 14.2. The fourth-order valence-corrected chi connectivity index (χ4v) is 3.69. The highest BCUT2D eigenvalue weighted by molar-refractivity contribution is 5.47. The summed E-state index contributed by atoms with van der Waals surface area (Å²) in [4.78, 5) is 5.79. The minimum absolute atomic E-state index is 0.203. The van der Waals surface area contributed by atoms with Gasteiger partial charge in [0.15, 0.2) is 23.3 Å². The Balaban J connectivity index is 1.73. The lowest BCUT2D eigenvalue weighted by atomic mass is 9.68. The molecule has 3 nitrogen and oxygen atoms in total. The topological polar surface area (TPSA) is 42.1 Å². The van der Waals surface area contributed by atoms with Gasteiger partial charge in [-0.25, -0.2) is 13.8 Å². The minimum Gasteiger partial charge on any atom is -0.381 e. The number of nitrogen functional groups attached to an aromatic ring is 1. The van der Waals surface area contributed by atoms with Gasteiger partial charge in [0.05, 0.1) is 0 Å². The number of nitrogens with two attached hydrogens (primary N) is 1. The normalized spacial score (nSPS) is 22.2. The second kappa shape index (κ2) is 5.19. The van der Waals surface area contributed by atoms with Gasteiger partial charge < -0.3 is 10.6 Å². The van der Waals surface area contributed by atoms with Gasteiger partial charge in [-0.3, -0.25) is 0 Å². The third-order valence-corrected chi connectivity index (χ3v) is 4.98. The molecular formula is C15H21F2N3. The minimum atomic E-state index is -0.785. The van der Waals surface area contributed by atoms with Crippen molar-refractivity contribution in [1.82, 2.24) is 4.98 Å². The molecule has 0 bridgehead atoms. The molecule has 0 aromatic carbocycles. The molecule has 1 aliphatic heterocycles. The molecule has 0 radical (unpaired) electrons. The summed E-state index contributed by atoms with van der Waals surface area (Å²) in [6.07, 6.45) is 8.71. The van der Waals surface area contributed by atoms with E-state index >= 15 is 0 Å². The smallest absolute Gasteiger partial charge is 0.168 e. The van der Waals surface area contributed by atoms with Gasteiger partial charge in [0.2, 0.25) is 0 Å². The zero-order valence-electron chi connectivity index (χ0n) is 11.7. The molecule has 2 heterocycles. The average Bonchev–Trinajstić information content (AvgIpc) is 2.45. The summed E-state index contributed by atoms with van der Waals surface area (Å²) in [5.74, 6) is -1.42. The third kappa shape index (κ3) is 2.45. The lowest BCUT2D eigenvalue weighted by Crippen LogP contribution is -2.41. The molecule has 2 fully saturated rings. The van der Waals surface area contributed by atoms with Crippen LogP contribution in [0.3, 0.4) is 0 Å². The van der Waals surface area contributed by atoms with Crippen molar-refractivity contribution in [1.29, 1.82) is 0 Å². The SMILES string of the molecule is Nc1nc(N2CCC3(CCCCC3)CC2)c(F)cc1F. The second-order valence-electron chi connectivity index (χ2n) is 6.21. The van der Waals surface area contributed by atoms with Crippen LogP contribution in [0.25, 0.3) is 0 Å². The Labute approximate surface area is 118 Å². The molecule has 0 atom stereocenters. The molecular weight excluding hydrogens is 260 g/mol. The molecule has 1 aliphatic carbocycles. The number of hydrogen-bond donors (Lipinski definition) is 1. The van der Waals surface area contributed by atoms with Crippen molar-refractivity contribution < 1.29 is 8.78 Å². The van der Waals surface area contributed by atoms with Crippen LogP contribution in [-0.4, -0.2) is 18.1 Å². The number of anilines is 2. The van der Waals surface area contributed by atoms with E-state index in [2.05, 4.69) is 4.98 Å². The highest BCUT2D eigenvalue weighted by Crippen LogP contribution is 2.45. The molecule has 2 N–H and O–H groups in total. The van der Waals surface area contributed by atoms with Crippen molar-refractivity contribution in [3.05, 3.63) is 17.7 Å². The molecule has 1 saturated heterocycles. The zero-order valence-corrected chi connectivity index (χ0v) is 11.7. The highest BCUT2D eigenvalue weighted by atomic mass is 19.1. The van der Waals surface area contributed by atoms with Crippen LogP contribution in [0.4, 0.5) is 20.4 Å². The van der Waals surface area contributed by atoms with Crippen LogP contribution in [-0.2, 0) is 0 Å². The van der Waals surface area contributed by atoms with Crippen LogP contribution in [0.1, 0.15) is 44.9 Å². The van der Waals surface area contributed by atoms with Gasteiger partial charge in [-0.05, 0) is 31.1 Å². The summed E-state index contributed by atoms with van der Waals surface area (Å²) in [5.41, 5.74) is 5.91. The largest absolute Gasteiger partial charge is 0.381 e. The van der Waals surface area contributed by atoms with Crippen molar-refractivity contribution in [2.75, 3.05) is 23.7 Å². The number of pyridine rings is 1. The lowest BCUT2D eigenvalue weighted by Gasteiger charge is -2.44. The predicted molar refractivity (Wildman–Crippen MR) is 75.5 cm³/mol. The van der Waals surface area contributed by atoms with Crippen LogP contribution in [0, 0.1) is 17.0 Å². The van der Waals surface area contributed by atoms with Crippen molar-refractivity contribution in [2.45, 2.75) is 44.9 Å². The molecule has 1 spiro atoms. The van der Waals surface area contributed by atoms with E-state index in [-0.39, 0.29) is 11.6 Å². The van der Waals surface area contributed by atoms with Crippen LogP contribution < -0.4 is 10.6 Å². The van der Waals surface area contributed by atoms with Crippen LogP contribution in [0.5, 0.6) is 0 Å². The Morgan fingerprint density at radius 1 is 1.00 bits per heavy atom. The van der Waals surface area contributed by atoms with E-state index in [4.69, 9.17) is 5.73 Å². The molecule has 0 unspecified atom stereocenters. The van der Waals surface area contributed by atoms with Crippen molar-refractivity contribution in [3.63, 3.8) is 0 Å². The Morgan fingerprint density at radius 2 is 1.65 bits per heavy atom. The molecule has 1 aromatic heterocycles. The van der Waals surface area contributed by atoms with Crippen molar-refractivity contribution >= 4 is 11.6 Å². The maximum absolute atomic E-state index is 13.8. The number of aromatic nitrogens is 1. The summed E-state index contributed by atoms with van der Waals surface area (Å²) in [6.45, 7) is 1.57. The quantitative estimate of drug-likeness (QED) is 0.856. The number of halogens is 2. The standard InChI is InChI=1S/C15H21F2N3/c16-11-10-12(17)14(19-13(11)18)20-8-6-15(7-9-20)4-2-1-3-5-15/h10H,1-9H2,(H2,18,19). The summed E-state index contributed by atoms with van der Waals surface area (Å²) in [6, 6.07) is 0.836. The monoisotopic (exact) mass is 281 g/mol. The average molecular weight is 281 g/mol. The predicted octanol–water partition coefficient (Wildman–Crippen LogP) is 3.49. The van der Waals surface area contributed by atoms with Crippen LogP contribution in [0.2, 0.25) is 0 Å². The summed E-state index contributed by atoms with van der Waals surface area (Å²) in [5, 5.41) is 0. The molecule has 110 valence electrons. The van der Waals surface area contributed by atoms with E-state index in [9.17, 15) is 8.78 Å². The van der Waals surface area contributed by atoms with Gasteiger partial charge in [-0.2, -0.15) is 0 Å². The first-order chi connectivity index (χ1) is 9.60. The first-order valence-electron chi connectivity index (χ1n) is 7.46. The van der Waals surface area contributed by atoms with Gasteiger partial charge in [-0.15, -0.1) is 0 Å². The molecule has 3 rings (SSSR count). The van der Waals surface area contributed by atoms with E-state index in [0.717, 1.165) is 32.0 Å². The third-order valence-electron chi connectivity index (χ3n) is 4.98. The van der Waals surface area contributed by atoms with E-state index in [1.807, 2.05) is 4.90 Å². The summed E-state index contributed by atoms with van der Waals surface area (Å²) >= 11 is 0. The van der Waals surface area contributed by atoms with E-state index in [1.165, 1.54) is 32.1 Å². The van der Waals surface area contributed by atoms with Gasteiger partial charge in [0.1, 0.15) is 0 Å². The highest BCUT2D eigenvalue weighted by Gasteiger charge is 2.36. The number of rotatable bonds is 1. The maximum Gasteiger partial charge on any atom is 0.168 e. The van der Waals surface area contributed by atoms with E-state index in [0.29, 0.717) is 5.41 Å². The Morgan fingerprint density at radius 3 is 2.30 bits per heavy atom. The van der Waals surface area contributed by atoms with E-state index < -0.39 is 11.6 Å². The van der Waals surface area contributed by atoms with Crippen molar-refractivity contribution in [2.24, 2.45) is 5.41 Å². The van der Waals surface area contributed by atoms with Gasteiger partial charge in [0.25, 0.3) is 0 Å². The molecule has 5 heteroatoms. The summed E-state index contributed by atoms with van der Waals surface area (Å²) < 4.78 is 27.0. The number of nitrogens with zero attached hydrogens (tertiary/aromatic N) is 2. The molecule has 20 heavy (non-hydrogen) atoms. The maximum atomic E-state index is 13.8. The van der Waals surface area contributed by atoms with Gasteiger partial charge in [0, 0.05) is 19.2 Å². The van der Waals surface area contributed by atoms with Crippen molar-refractivity contribution in [3.8, 4) is 0 Å². The van der Waals surface area contributed by atoms with Gasteiger partial charge >= 0.3 is 0 Å². The van der Waals surface area contributed by atoms with Gasteiger partial charge in [-0.1, -0.05) is 19.3 Å². The summed E-state index contributed by atoms with van der Waals surface area (Å²) in [7, 11) is 0. The molecule has 2 aliphatic rings. The fraction of sp³-hybridized carbons (Fsp3) is 0.667. The molecule has 1 saturated carbocycles. The molecule has 0 amide bonds. The lowest BCUT2D eigenvalue weighted by molar-refractivity contribution is 0.144.